The maximum absolute atomic E-state index is 12.4. The van der Waals surface area contributed by atoms with Crippen LogP contribution in [0.4, 0.5) is 0 Å². The van der Waals surface area contributed by atoms with Crippen molar-refractivity contribution in [1.82, 2.24) is 14.9 Å². The molecule has 118 valence electrons. The lowest BCUT2D eigenvalue weighted by Crippen LogP contribution is -2.29. The smallest absolute Gasteiger partial charge is 0.274 e. The van der Waals surface area contributed by atoms with E-state index in [9.17, 15) is 9.59 Å². The Morgan fingerprint density at radius 2 is 2.17 bits per heavy atom. The van der Waals surface area contributed by atoms with Crippen molar-refractivity contribution in [3.63, 3.8) is 0 Å². The highest BCUT2D eigenvalue weighted by molar-refractivity contribution is 5.93. The molecule has 1 saturated heterocycles. The predicted octanol–water partition coefficient (Wildman–Crippen LogP) is 1.28. The predicted molar refractivity (Wildman–Crippen MR) is 84.7 cm³/mol. The summed E-state index contributed by atoms with van der Waals surface area (Å²) in [5, 5.41) is 0. The number of likely N-dealkylation sites (tertiary alicyclic amines) is 1. The van der Waals surface area contributed by atoms with Crippen LogP contribution in [0.2, 0.25) is 0 Å². The minimum Gasteiger partial charge on any atom is -0.366 e. The average molecular weight is 310 g/mol. The fourth-order valence-corrected chi connectivity index (χ4v) is 2.94. The number of carbonyl (C=O) groups excluding carboxylic acids is 2. The van der Waals surface area contributed by atoms with Crippen molar-refractivity contribution < 1.29 is 9.59 Å². The van der Waals surface area contributed by atoms with E-state index < -0.39 is 5.91 Å². The quantitative estimate of drug-likeness (QED) is 0.921. The van der Waals surface area contributed by atoms with E-state index in [2.05, 4.69) is 9.97 Å². The molecule has 2 aromatic rings. The van der Waals surface area contributed by atoms with Gasteiger partial charge in [0.15, 0.2) is 0 Å². The third-order valence-electron chi connectivity index (χ3n) is 4.09. The van der Waals surface area contributed by atoms with E-state index in [-0.39, 0.29) is 5.91 Å². The van der Waals surface area contributed by atoms with Crippen LogP contribution >= 0.6 is 0 Å². The summed E-state index contributed by atoms with van der Waals surface area (Å²) < 4.78 is 0. The fourth-order valence-electron chi connectivity index (χ4n) is 2.94. The number of amides is 2. The highest BCUT2D eigenvalue weighted by atomic mass is 16.2. The summed E-state index contributed by atoms with van der Waals surface area (Å²) >= 11 is 0. The lowest BCUT2D eigenvalue weighted by molar-refractivity contribution is 0.0780. The number of hydrogen-bond acceptors (Lipinski definition) is 4. The van der Waals surface area contributed by atoms with Gasteiger partial charge in [-0.3, -0.25) is 14.6 Å². The third kappa shape index (κ3) is 3.53. The average Bonchev–Trinajstić information content (AvgIpc) is 3.03. The largest absolute Gasteiger partial charge is 0.366 e. The number of nitrogens with zero attached hydrogens (tertiary/aromatic N) is 3. The zero-order valence-electron chi connectivity index (χ0n) is 12.7. The van der Waals surface area contributed by atoms with Crippen LogP contribution in [0.5, 0.6) is 0 Å². The number of rotatable bonds is 4. The van der Waals surface area contributed by atoms with Crippen molar-refractivity contribution in [3.8, 4) is 0 Å². The monoisotopic (exact) mass is 310 g/mol. The van der Waals surface area contributed by atoms with Crippen LogP contribution in [0.3, 0.4) is 0 Å². The van der Waals surface area contributed by atoms with Gasteiger partial charge in [0.05, 0.1) is 6.20 Å². The molecular weight excluding hydrogens is 292 g/mol. The lowest BCUT2D eigenvalue weighted by atomic mass is 9.97. The molecule has 1 aromatic heterocycles. The molecule has 2 heterocycles. The third-order valence-corrected chi connectivity index (χ3v) is 4.09. The Morgan fingerprint density at radius 1 is 1.30 bits per heavy atom. The minimum absolute atomic E-state index is 0.0773. The van der Waals surface area contributed by atoms with E-state index in [0.717, 1.165) is 24.9 Å². The van der Waals surface area contributed by atoms with Crippen LogP contribution in [-0.4, -0.2) is 39.8 Å². The van der Waals surface area contributed by atoms with Crippen molar-refractivity contribution >= 4 is 11.8 Å². The summed E-state index contributed by atoms with van der Waals surface area (Å²) in [7, 11) is 0. The van der Waals surface area contributed by atoms with Crippen LogP contribution in [0.1, 0.15) is 32.8 Å². The first-order valence-electron chi connectivity index (χ1n) is 7.57. The van der Waals surface area contributed by atoms with E-state index >= 15 is 0 Å². The van der Waals surface area contributed by atoms with Crippen LogP contribution in [0.25, 0.3) is 0 Å². The summed E-state index contributed by atoms with van der Waals surface area (Å²) in [5.41, 5.74) is 7.28. The van der Waals surface area contributed by atoms with Crippen LogP contribution in [0, 0.1) is 5.92 Å². The van der Waals surface area contributed by atoms with Gasteiger partial charge in [-0.25, -0.2) is 4.98 Å². The van der Waals surface area contributed by atoms with Gasteiger partial charge in [0, 0.05) is 31.0 Å². The summed E-state index contributed by atoms with van der Waals surface area (Å²) in [4.78, 5) is 33.4. The van der Waals surface area contributed by atoms with E-state index in [1.54, 1.807) is 12.3 Å². The molecule has 0 saturated carbocycles. The maximum atomic E-state index is 12.4. The van der Waals surface area contributed by atoms with Crippen LogP contribution in [-0.2, 0) is 6.42 Å². The second-order valence-corrected chi connectivity index (χ2v) is 5.77. The number of aromatic nitrogens is 2. The molecule has 1 fully saturated rings. The molecule has 1 aromatic carbocycles. The van der Waals surface area contributed by atoms with Gasteiger partial charge in [0.2, 0.25) is 5.91 Å². The molecule has 6 nitrogen and oxygen atoms in total. The van der Waals surface area contributed by atoms with Crippen molar-refractivity contribution in [1.29, 1.82) is 0 Å². The molecule has 1 unspecified atom stereocenters. The number of benzene rings is 1. The van der Waals surface area contributed by atoms with Gasteiger partial charge in [-0.05, 0) is 36.5 Å². The molecule has 23 heavy (non-hydrogen) atoms. The Labute approximate surface area is 134 Å². The summed E-state index contributed by atoms with van der Waals surface area (Å²) in [6.45, 7) is 1.41. The minimum atomic E-state index is -0.419. The molecule has 6 heteroatoms. The van der Waals surface area contributed by atoms with Gasteiger partial charge in [-0.15, -0.1) is 0 Å². The second-order valence-electron chi connectivity index (χ2n) is 5.77. The highest BCUT2D eigenvalue weighted by Gasteiger charge is 2.27. The fraction of sp³-hybridized carbons (Fsp3) is 0.294. The van der Waals surface area contributed by atoms with Crippen LogP contribution < -0.4 is 5.73 Å². The Balaban J connectivity index is 1.63. The van der Waals surface area contributed by atoms with Gasteiger partial charge in [0.25, 0.3) is 5.91 Å². The molecule has 0 spiro atoms. The molecule has 0 aliphatic carbocycles. The first kappa shape index (κ1) is 15.1. The molecule has 0 radical (unpaired) electrons. The normalized spacial score (nSPS) is 17.2. The van der Waals surface area contributed by atoms with Crippen molar-refractivity contribution in [2.24, 2.45) is 11.7 Å². The van der Waals surface area contributed by atoms with Gasteiger partial charge < -0.3 is 10.6 Å². The molecular formula is C17H18N4O2. The number of carbonyl (C=O) groups is 2. The molecule has 3 rings (SSSR count). The topological polar surface area (TPSA) is 89.2 Å². The Kier molecular flexibility index (Phi) is 4.32. The number of primary amides is 1. The molecule has 1 aliphatic heterocycles. The Morgan fingerprint density at radius 3 is 2.91 bits per heavy atom. The zero-order valence-corrected chi connectivity index (χ0v) is 12.7. The zero-order chi connectivity index (χ0) is 16.2. The maximum Gasteiger partial charge on any atom is 0.274 e. The van der Waals surface area contributed by atoms with Gasteiger partial charge >= 0.3 is 0 Å². The first-order chi connectivity index (χ1) is 11.1. The molecule has 2 amide bonds. The lowest BCUT2D eigenvalue weighted by Gasteiger charge is -2.16. The van der Waals surface area contributed by atoms with Crippen molar-refractivity contribution in [2.45, 2.75) is 12.8 Å². The summed E-state index contributed by atoms with van der Waals surface area (Å²) in [6.07, 6.45) is 6.33. The number of nitrogens with two attached hydrogens (primary N) is 1. The van der Waals surface area contributed by atoms with Crippen LogP contribution in [0.15, 0.2) is 42.9 Å². The molecule has 0 bridgehead atoms. The second kappa shape index (κ2) is 6.56. The molecule has 2 N–H and O–H groups in total. The SMILES string of the molecule is NC(=O)c1cccc(CC2CCN(C(=O)c3cnccn3)C2)c1. The van der Waals surface area contributed by atoms with Gasteiger partial charge in [0.1, 0.15) is 5.69 Å². The number of hydrogen-bond donors (Lipinski definition) is 1. The van der Waals surface area contributed by atoms with Crippen molar-refractivity contribution in [2.75, 3.05) is 13.1 Å². The summed E-state index contributed by atoms with van der Waals surface area (Å²) in [5.74, 6) is -0.122. The highest BCUT2D eigenvalue weighted by Crippen LogP contribution is 2.22. The van der Waals surface area contributed by atoms with E-state index in [1.807, 2.05) is 23.1 Å². The molecule has 1 atom stereocenters. The van der Waals surface area contributed by atoms with Crippen molar-refractivity contribution in [3.05, 3.63) is 59.7 Å². The summed E-state index contributed by atoms with van der Waals surface area (Å²) in [6, 6.07) is 7.37. The Hall–Kier alpha value is -2.76. The first-order valence-corrected chi connectivity index (χ1v) is 7.57. The van der Waals surface area contributed by atoms with E-state index in [4.69, 9.17) is 5.73 Å². The Bertz CT molecular complexity index is 718. The van der Waals surface area contributed by atoms with E-state index in [0.29, 0.717) is 23.7 Å². The molecule has 1 aliphatic rings. The van der Waals surface area contributed by atoms with E-state index in [1.165, 1.54) is 12.4 Å². The standard InChI is InChI=1S/C17H18N4O2/c18-16(22)14-3-1-2-12(9-14)8-13-4-7-21(11-13)17(23)15-10-19-5-6-20-15/h1-3,5-6,9-10,13H,4,7-8,11H2,(H2,18,22). The van der Waals surface area contributed by atoms with Gasteiger partial charge in [-0.1, -0.05) is 12.1 Å². The van der Waals surface area contributed by atoms with Gasteiger partial charge in [-0.2, -0.15) is 0 Å².